The maximum atomic E-state index is 5.28. The zero-order valence-electron chi connectivity index (χ0n) is 11.9. The van der Waals surface area contributed by atoms with E-state index in [9.17, 15) is 0 Å². The Morgan fingerprint density at radius 2 is 1.75 bits per heavy atom. The van der Waals surface area contributed by atoms with E-state index in [4.69, 9.17) is 9.47 Å². The van der Waals surface area contributed by atoms with Crippen LogP contribution in [-0.4, -0.2) is 14.2 Å². The Balaban J connectivity index is 2.07. The second-order valence-electron chi connectivity index (χ2n) is 4.51. The van der Waals surface area contributed by atoms with Crippen LogP contribution in [0.2, 0.25) is 0 Å². The number of rotatable bonds is 5. The number of methoxy groups -OCH3 is 2. The first-order valence-electron chi connectivity index (χ1n) is 6.35. The number of halogens is 1. The average Bonchev–Trinajstić information content (AvgIpc) is 2.46. The van der Waals surface area contributed by atoms with Crippen LogP contribution < -0.4 is 14.8 Å². The van der Waals surface area contributed by atoms with E-state index in [0.29, 0.717) is 0 Å². The Kier molecular flexibility index (Phi) is 4.90. The Bertz CT molecular complexity index is 599. The topological polar surface area (TPSA) is 30.5 Å². The molecule has 0 aliphatic carbocycles. The third-order valence-electron chi connectivity index (χ3n) is 3.11. The van der Waals surface area contributed by atoms with Crippen molar-refractivity contribution in [3.63, 3.8) is 0 Å². The van der Waals surface area contributed by atoms with Crippen LogP contribution in [-0.2, 0) is 6.54 Å². The molecule has 0 spiro atoms. The number of hydrogen-bond acceptors (Lipinski definition) is 3. The summed E-state index contributed by atoms with van der Waals surface area (Å²) in [5.41, 5.74) is 3.38. The van der Waals surface area contributed by atoms with Gasteiger partial charge in [0.1, 0.15) is 11.5 Å². The minimum atomic E-state index is 0.760. The highest BCUT2D eigenvalue weighted by molar-refractivity contribution is 9.10. The lowest BCUT2D eigenvalue weighted by molar-refractivity contribution is 0.411. The molecule has 3 nitrogen and oxygen atoms in total. The average molecular weight is 336 g/mol. The number of anilines is 1. The van der Waals surface area contributed by atoms with Gasteiger partial charge in [0, 0.05) is 18.3 Å². The summed E-state index contributed by atoms with van der Waals surface area (Å²) in [4.78, 5) is 0. The van der Waals surface area contributed by atoms with Crippen molar-refractivity contribution >= 4 is 21.6 Å². The monoisotopic (exact) mass is 335 g/mol. The van der Waals surface area contributed by atoms with E-state index in [-0.39, 0.29) is 0 Å². The van der Waals surface area contributed by atoms with E-state index < -0.39 is 0 Å². The molecule has 20 heavy (non-hydrogen) atoms. The first kappa shape index (κ1) is 14.7. The first-order chi connectivity index (χ1) is 9.63. The quantitative estimate of drug-likeness (QED) is 0.879. The van der Waals surface area contributed by atoms with E-state index in [1.165, 1.54) is 5.56 Å². The maximum absolute atomic E-state index is 5.28. The lowest BCUT2D eigenvalue weighted by Gasteiger charge is -2.11. The molecule has 0 fully saturated rings. The number of benzene rings is 2. The van der Waals surface area contributed by atoms with Crippen LogP contribution in [0, 0.1) is 6.92 Å². The van der Waals surface area contributed by atoms with Gasteiger partial charge < -0.3 is 14.8 Å². The van der Waals surface area contributed by atoms with Crippen molar-refractivity contribution in [3.05, 3.63) is 52.0 Å². The van der Waals surface area contributed by atoms with E-state index in [2.05, 4.69) is 33.4 Å². The molecule has 0 bridgehead atoms. The molecule has 0 saturated carbocycles. The number of ether oxygens (including phenoxy) is 2. The van der Waals surface area contributed by atoms with Gasteiger partial charge in [0.2, 0.25) is 0 Å². The summed E-state index contributed by atoms with van der Waals surface area (Å²) in [5, 5.41) is 3.39. The predicted octanol–water partition coefficient (Wildman–Crippen LogP) is 4.39. The van der Waals surface area contributed by atoms with E-state index in [1.807, 2.05) is 31.2 Å². The molecule has 0 unspecified atom stereocenters. The molecule has 0 radical (unpaired) electrons. The molecule has 2 rings (SSSR count). The highest BCUT2D eigenvalue weighted by atomic mass is 79.9. The molecular weight excluding hydrogens is 318 g/mol. The number of aryl methyl sites for hydroxylation is 1. The van der Waals surface area contributed by atoms with Gasteiger partial charge in [-0.3, -0.25) is 0 Å². The van der Waals surface area contributed by atoms with Crippen LogP contribution in [0.15, 0.2) is 40.9 Å². The summed E-state index contributed by atoms with van der Waals surface area (Å²) < 4.78 is 11.5. The summed E-state index contributed by atoms with van der Waals surface area (Å²) in [6.07, 6.45) is 0. The largest absolute Gasteiger partial charge is 0.496 e. The molecule has 0 saturated heterocycles. The molecular formula is C16H18BrNO2. The van der Waals surface area contributed by atoms with Crippen LogP contribution in [0.4, 0.5) is 5.69 Å². The lowest BCUT2D eigenvalue weighted by atomic mass is 10.1. The van der Waals surface area contributed by atoms with Gasteiger partial charge in [-0.2, -0.15) is 0 Å². The molecule has 0 heterocycles. The normalized spacial score (nSPS) is 10.2. The highest BCUT2D eigenvalue weighted by Crippen LogP contribution is 2.28. The fraction of sp³-hybridized carbons (Fsp3) is 0.250. The number of hydrogen-bond donors (Lipinski definition) is 1. The molecule has 4 heteroatoms. The maximum Gasteiger partial charge on any atom is 0.135 e. The van der Waals surface area contributed by atoms with Crippen LogP contribution in [0.1, 0.15) is 11.1 Å². The van der Waals surface area contributed by atoms with Crippen molar-refractivity contribution in [1.29, 1.82) is 0 Å². The van der Waals surface area contributed by atoms with Gasteiger partial charge in [-0.25, -0.2) is 0 Å². The van der Waals surface area contributed by atoms with Crippen LogP contribution in [0.25, 0.3) is 0 Å². The molecule has 0 aliphatic rings. The third kappa shape index (κ3) is 3.45. The van der Waals surface area contributed by atoms with Gasteiger partial charge in [-0.05, 0) is 52.2 Å². The first-order valence-corrected chi connectivity index (χ1v) is 7.14. The van der Waals surface area contributed by atoms with E-state index >= 15 is 0 Å². The van der Waals surface area contributed by atoms with Gasteiger partial charge in [0.05, 0.1) is 18.7 Å². The molecule has 2 aromatic rings. The van der Waals surface area contributed by atoms with E-state index in [0.717, 1.165) is 33.8 Å². The highest BCUT2D eigenvalue weighted by Gasteiger charge is 2.03. The Morgan fingerprint density at radius 1 is 1.00 bits per heavy atom. The smallest absolute Gasteiger partial charge is 0.135 e. The van der Waals surface area contributed by atoms with Crippen molar-refractivity contribution in [2.24, 2.45) is 0 Å². The molecule has 0 atom stereocenters. The van der Waals surface area contributed by atoms with Crippen molar-refractivity contribution in [2.75, 3.05) is 19.5 Å². The molecule has 0 aromatic heterocycles. The fourth-order valence-corrected chi connectivity index (χ4v) is 2.43. The standard InChI is InChI=1S/C16H18BrNO2/c1-11-8-12(4-7-15(11)19-2)10-18-13-5-6-14(17)16(9-13)20-3/h4-9,18H,10H2,1-3H3. The lowest BCUT2D eigenvalue weighted by Crippen LogP contribution is -2.00. The predicted molar refractivity (Wildman–Crippen MR) is 85.8 cm³/mol. The Hall–Kier alpha value is -1.68. The SMILES string of the molecule is COc1ccc(CNc2ccc(Br)c(OC)c2)cc1C. The minimum absolute atomic E-state index is 0.760. The fourth-order valence-electron chi connectivity index (χ4n) is 2.02. The summed E-state index contributed by atoms with van der Waals surface area (Å²) in [6.45, 7) is 2.81. The molecule has 0 aliphatic heterocycles. The third-order valence-corrected chi connectivity index (χ3v) is 3.76. The van der Waals surface area contributed by atoms with Gasteiger partial charge in [0.25, 0.3) is 0 Å². The summed E-state index contributed by atoms with van der Waals surface area (Å²) in [5.74, 6) is 1.74. The van der Waals surface area contributed by atoms with Crippen molar-refractivity contribution in [2.45, 2.75) is 13.5 Å². The second-order valence-corrected chi connectivity index (χ2v) is 5.36. The minimum Gasteiger partial charge on any atom is -0.496 e. The van der Waals surface area contributed by atoms with Crippen molar-refractivity contribution < 1.29 is 9.47 Å². The molecule has 106 valence electrons. The van der Waals surface area contributed by atoms with Crippen LogP contribution >= 0.6 is 15.9 Å². The summed E-state index contributed by atoms with van der Waals surface area (Å²) in [6, 6.07) is 12.1. The van der Waals surface area contributed by atoms with Gasteiger partial charge in [-0.1, -0.05) is 12.1 Å². The summed E-state index contributed by atoms with van der Waals surface area (Å²) >= 11 is 3.45. The van der Waals surface area contributed by atoms with Crippen molar-refractivity contribution in [1.82, 2.24) is 0 Å². The van der Waals surface area contributed by atoms with Gasteiger partial charge in [-0.15, -0.1) is 0 Å². The molecule has 2 aromatic carbocycles. The number of nitrogens with one attached hydrogen (secondary N) is 1. The summed E-state index contributed by atoms with van der Waals surface area (Å²) in [7, 11) is 3.35. The molecule has 0 amide bonds. The molecule has 1 N–H and O–H groups in total. The Morgan fingerprint density at radius 3 is 2.40 bits per heavy atom. The van der Waals surface area contributed by atoms with Gasteiger partial charge >= 0.3 is 0 Å². The Labute approximate surface area is 128 Å². The van der Waals surface area contributed by atoms with Crippen LogP contribution in [0.3, 0.4) is 0 Å². The van der Waals surface area contributed by atoms with E-state index in [1.54, 1.807) is 14.2 Å². The second kappa shape index (κ2) is 6.66. The van der Waals surface area contributed by atoms with Crippen molar-refractivity contribution in [3.8, 4) is 11.5 Å². The van der Waals surface area contributed by atoms with Gasteiger partial charge in [0.15, 0.2) is 0 Å². The zero-order chi connectivity index (χ0) is 14.5. The van der Waals surface area contributed by atoms with Crippen LogP contribution in [0.5, 0.6) is 11.5 Å². The zero-order valence-corrected chi connectivity index (χ0v) is 13.5.